The van der Waals surface area contributed by atoms with Crippen molar-refractivity contribution in [3.8, 4) is 0 Å². The second-order valence-corrected chi connectivity index (χ2v) is 18.4. The van der Waals surface area contributed by atoms with E-state index >= 15 is 0 Å². The van der Waals surface area contributed by atoms with Crippen LogP contribution in [0.2, 0.25) is 0 Å². The zero-order valence-electron chi connectivity index (χ0n) is 39.8. The quantitative estimate of drug-likeness (QED) is 0.0247. The van der Waals surface area contributed by atoms with E-state index in [1.54, 1.807) is 0 Å². The molecule has 0 aliphatic carbocycles. The molecule has 0 bridgehead atoms. The zero-order chi connectivity index (χ0) is 46.8. The molecule has 11 atom stereocenters. The van der Waals surface area contributed by atoms with Crippen LogP contribution in [0.1, 0.15) is 206 Å². The van der Waals surface area contributed by atoms with E-state index in [1.807, 2.05) is 0 Å². The van der Waals surface area contributed by atoms with Crippen molar-refractivity contribution in [1.82, 2.24) is 0 Å². The fourth-order valence-electron chi connectivity index (χ4n) is 8.34. The lowest BCUT2D eigenvalue weighted by Crippen LogP contribution is -2.61. The summed E-state index contributed by atoms with van der Waals surface area (Å²) < 4.78 is 33.4. The summed E-state index contributed by atoms with van der Waals surface area (Å²) in [4.78, 5) is 25.6. The summed E-state index contributed by atoms with van der Waals surface area (Å²) in [5, 5.41) is 71.8. The van der Waals surface area contributed by atoms with E-state index in [0.29, 0.717) is 12.8 Å². The number of aliphatic hydroxyl groups is 7. The Bertz CT molecular complexity index is 1130. The van der Waals surface area contributed by atoms with Gasteiger partial charge < -0.3 is 64.2 Å². The number of hydrogen-bond donors (Lipinski definition) is 7. The number of carbonyl (C=O) groups is 2. The summed E-state index contributed by atoms with van der Waals surface area (Å²) in [5.41, 5.74) is 0. The standard InChI is InChI=1S/C49H92O15/c1-3-5-7-9-11-12-13-14-15-16-17-18-19-20-21-22-23-24-26-27-29-31-40(51)59-34-37(62-41(52)32-30-28-25-10-8-6-4-2)35-60-48-47(58)45(56)43(54)39(64-48)36-61-49-46(57)44(55)42(53)38(33-50)63-49/h37-39,42-50,53-58H,3-36H2,1-2H3/t37-,38+,39+,42-,43-,44?,45?,46?,47?,48+,49+/m0/s1. The largest absolute Gasteiger partial charge is 0.462 e. The summed E-state index contributed by atoms with van der Waals surface area (Å²) in [5.74, 6) is -0.919. The first-order valence-electron chi connectivity index (χ1n) is 25.6. The number of ether oxygens (including phenoxy) is 6. The zero-order valence-corrected chi connectivity index (χ0v) is 39.8. The van der Waals surface area contributed by atoms with Crippen LogP contribution >= 0.6 is 0 Å². The molecule has 0 aromatic carbocycles. The van der Waals surface area contributed by atoms with E-state index in [1.165, 1.54) is 116 Å². The van der Waals surface area contributed by atoms with Crippen molar-refractivity contribution >= 4 is 11.9 Å². The van der Waals surface area contributed by atoms with E-state index < -0.39 is 92.7 Å². The first-order valence-corrected chi connectivity index (χ1v) is 25.6. The fraction of sp³-hybridized carbons (Fsp3) is 0.959. The van der Waals surface area contributed by atoms with Gasteiger partial charge in [0.2, 0.25) is 0 Å². The fourth-order valence-corrected chi connectivity index (χ4v) is 8.34. The Kier molecular flexibility index (Phi) is 34.3. The lowest BCUT2D eigenvalue weighted by molar-refractivity contribution is -0.332. The molecule has 0 aromatic rings. The Labute approximate surface area is 385 Å². The van der Waals surface area contributed by atoms with Crippen LogP contribution in [0.5, 0.6) is 0 Å². The van der Waals surface area contributed by atoms with E-state index in [2.05, 4.69) is 13.8 Å². The lowest BCUT2D eigenvalue weighted by Gasteiger charge is -2.42. The molecule has 2 rings (SSSR count). The Morgan fingerprint density at radius 3 is 1.22 bits per heavy atom. The normalized spacial score (nSPS) is 26.5. The van der Waals surface area contributed by atoms with Gasteiger partial charge in [-0.05, 0) is 12.8 Å². The molecular formula is C49H92O15. The summed E-state index contributed by atoms with van der Waals surface area (Å²) in [7, 11) is 0. The van der Waals surface area contributed by atoms with Gasteiger partial charge in [0.1, 0.15) is 55.4 Å². The molecular weight excluding hydrogens is 829 g/mol. The van der Waals surface area contributed by atoms with Gasteiger partial charge in [0, 0.05) is 12.8 Å². The van der Waals surface area contributed by atoms with Gasteiger partial charge in [-0.25, -0.2) is 0 Å². The average molecular weight is 921 g/mol. The molecule has 2 fully saturated rings. The lowest BCUT2D eigenvalue weighted by atomic mass is 9.98. The minimum absolute atomic E-state index is 0.169. The molecule has 7 N–H and O–H groups in total. The van der Waals surface area contributed by atoms with Crippen LogP contribution in [0.15, 0.2) is 0 Å². The molecule has 2 heterocycles. The monoisotopic (exact) mass is 921 g/mol. The number of esters is 2. The molecule has 64 heavy (non-hydrogen) atoms. The number of carbonyl (C=O) groups excluding carboxylic acids is 2. The second-order valence-electron chi connectivity index (χ2n) is 18.4. The Morgan fingerprint density at radius 2 is 0.797 bits per heavy atom. The third-order valence-corrected chi connectivity index (χ3v) is 12.6. The van der Waals surface area contributed by atoms with Crippen molar-refractivity contribution in [2.24, 2.45) is 0 Å². The van der Waals surface area contributed by atoms with Crippen molar-refractivity contribution in [1.29, 1.82) is 0 Å². The number of unbranched alkanes of at least 4 members (excludes halogenated alkanes) is 26. The number of hydrogen-bond acceptors (Lipinski definition) is 15. The van der Waals surface area contributed by atoms with Crippen LogP contribution in [0, 0.1) is 0 Å². The predicted octanol–water partition coefficient (Wildman–Crippen LogP) is 6.82. The van der Waals surface area contributed by atoms with E-state index in [4.69, 9.17) is 28.4 Å². The maximum atomic E-state index is 12.8. The Hall–Kier alpha value is -1.50. The summed E-state index contributed by atoms with van der Waals surface area (Å²) in [6.07, 6.45) is 17.5. The third-order valence-electron chi connectivity index (χ3n) is 12.6. The smallest absolute Gasteiger partial charge is 0.306 e. The highest BCUT2D eigenvalue weighted by Crippen LogP contribution is 2.26. The van der Waals surface area contributed by atoms with Crippen LogP contribution in [0.25, 0.3) is 0 Å². The maximum absolute atomic E-state index is 12.8. The number of aliphatic hydroxyl groups excluding tert-OH is 7. The molecule has 0 saturated carbocycles. The Balaban J connectivity index is 1.71. The van der Waals surface area contributed by atoms with Gasteiger partial charge in [-0.1, -0.05) is 181 Å². The van der Waals surface area contributed by atoms with Crippen LogP contribution < -0.4 is 0 Å². The minimum Gasteiger partial charge on any atom is -0.462 e. The predicted molar refractivity (Wildman–Crippen MR) is 243 cm³/mol. The van der Waals surface area contributed by atoms with Crippen LogP contribution in [0.4, 0.5) is 0 Å². The maximum Gasteiger partial charge on any atom is 0.306 e. The highest BCUT2D eigenvalue weighted by molar-refractivity contribution is 5.70. The molecule has 0 radical (unpaired) electrons. The van der Waals surface area contributed by atoms with E-state index in [-0.39, 0.29) is 26.1 Å². The van der Waals surface area contributed by atoms with Gasteiger partial charge in [0.15, 0.2) is 18.7 Å². The minimum atomic E-state index is -1.76. The molecule has 0 amide bonds. The van der Waals surface area contributed by atoms with Gasteiger partial charge in [0.25, 0.3) is 0 Å². The molecule has 378 valence electrons. The average Bonchev–Trinajstić information content (AvgIpc) is 3.29. The van der Waals surface area contributed by atoms with Crippen LogP contribution in [0.3, 0.4) is 0 Å². The van der Waals surface area contributed by atoms with Crippen molar-refractivity contribution < 1.29 is 73.8 Å². The molecule has 4 unspecified atom stereocenters. The molecule has 0 aromatic heterocycles. The van der Waals surface area contributed by atoms with E-state index in [9.17, 15) is 45.3 Å². The van der Waals surface area contributed by atoms with Crippen molar-refractivity contribution in [3.05, 3.63) is 0 Å². The Morgan fingerprint density at radius 1 is 0.438 bits per heavy atom. The third kappa shape index (κ3) is 25.6. The topological polar surface area (TPSA) is 231 Å². The summed E-state index contributed by atoms with van der Waals surface area (Å²) in [6.45, 7) is 2.56. The van der Waals surface area contributed by atoms with Gasteiger partial charge in [0.05, 0.1) is 19.8 Å². The molecule has 0 spiro atoms. The number of rotatable bonds is 40. The molecule has 15 nitrogen and oxygen atoms in total. The van der Waals surface area contributed by atoms with E-state index in [0.717, 1.165) is 51.4 Å². The summed E-state index contributed by atoms with van der Waals surface area (Å²) in [6, 6.07) is 0. The summed E-state index contributed by atoms with van der Waals surface area (Å²) >= 11 is 0. The highest BCUT2D eigenvalue weighted by atomic mass is 16.7. The molecule has 2 aliphatic heterocycles. The van der Waals surface area contributed by atoms with Gasteiger partial charge in [-0.3, -0.25) is 9.59 Å². The van der Waals surface area contributed by atoms with Crippen LogP contribution in [-0.2, 0) is 38.0 Å². The van der Waals surface area contributed by atoms with Crippen molar-refractivity contribution in [3.63, 3.8) is 0 Å². The SMILES string of the molecule is CCCCCCCCCCCCCCCCCCCCCCCC(=O)OC[C@@H](CO[C@@H]1O[C@H](CO[C@@H]2O[C@H](CO)[C@H](O)C(O)C2O)[C@H](O)C(O)C1O)OC(=O)CCCCCCCCC. The first kappa shape index (κ1) is 58.6. The highest BCUT2D eigenvalue weighted by Gasteiger charge is 2.47. The molecule has 2 saturated heterocycles. The molecule has 2 aliphatic rings. The van der Waals surface area contributed by atoms with Crippen molar-refractivity contribution in [2.45, 2.75) is 274 Å². The second kappa shape index (κ2) is 37.5. The van der Waals surface area contributed by atoms with Crippen LogP contribution in [-0.4, -0.2) is 142 Å². The first-order chi connectivity index (χ1) is 31.0. The van der Waals surface area contributed by atoms with Gasteiger partial charge in [-0.2, -0.15) is 0 Å². The van der Waals surface area contributed by atoms with Gasteiger partial charge in [-0.15, -0.1) is 0 Å². The molecule has 15 heteroatoms. The van der Waals surface area contributed by atoms with Crippen molar-refractivity contribution in [2.75, 3.05) is 26.4 Å². The van der Waals surface area contributed by atoms with Gasteiger partial charge >= 0.3 is 11.9 Å².